The maximum Gasteiger partial charge on any atom is 0.227 e. The lowest BCUT2D eigenvalue weighted by molar-refractivity contribution is -0.116. The topological polar surface area (TPSA) is 69.0 Å². The molecule has 3 aromatic rings. The maximum atomic E-state index is 14.6. The number of benzene rings is 2. The Balaban J connectivity index is 1.42. The van der Waals surface area contributed by atoms with Crippen molar-refractivity contribution in [1.82, 2.24) is 14.8 Å². The van der Waals surface area contributed by atoms with Crippen molar-refractivity contribution in [2.24, 2.45) is 0 Å². The lowest BCUT2D eigenvalue weighted by Crippen LogP contribution is -2.15. The Bertz CT molecular complexity index is 1090. The highest BCUT2D eigenvalue weighted by Crippen LogP contribution is 2.27. The zero-order valence-corrected chi connectivity index (χ0v) is 17.9. The van der Waals surface area contributed by atoms with Gasteiger partial charge >= 0.3 is 0 Å². The minimum Gasteiger partial charge on any atom is -0.493 e. The highest BCUT2D eigenvalue weighted by atomic mass is 19.1. The van der Waals surface area contributed by atoms with E-state index in [0.717, 1.165) is 54.9 Å². The lowest BCUT2D eigenvalue weighted by atomic mass is 10.1. The zero-order valence-electron chi connectivity index (χ0n) is 17.9. The van der Waals surface area contributed by atoms with Gasteiger partial charge in [0, 0.05) is 18.7 Å². The second-order valence-electron chi connectivity index (χ2n) is 8.01. The lowest BCUT2D eigenvalue weighted by Gasteiger charge is -2.12. The van der Waals surface area contributed by atoms with Crippen LogP contribution in [0.2, 0.25) is 0 Å². The molecule has 0 spiro atoms. The van der Waals surface area contributed by atoms with Crippen molar-refractivity contribution in [2.45, 2.75) is 52.5 Å². The van der Waals surface area contributed by atoms with Crippen LogP contribution in [0, 0.1) is 19.7 Å². The Kier molecular flexibility index (Phi) is 6.30. The second kappa shape index (κ2) is 9.29. The smallest absolute Gasteiger partial charge is 0.227 e. The van der Waals surface area contributed by atoms with Gasteiger partial charge in [0.15, 0.2) is 5.82 Å². The Morgan fingerprint density at radius 2 is 2.00 bits per heavy atom. The number of hydrogen-bond donors (Lipinski definition) is 1. The fourth-order valence-electron chi connectivity index (χ4n) is 3.80. The predicted molar refractivity (Wildman–Crippen MR) is 118 cm³/mol. The number of rotatable bonds is 6. The van der Waals surface area contributed by atoms with Crippen molar-refractivity contribution in [3.05, 3.63) is 59.2 Å². The molecule has 0 radical (unpaired) electrons. The second-order valence-corrected chi connectivity index (χ2v) is 8.01. The number of carbonyl (C=O) groups excluding carboxylic acids is 1. The van der Waals surface area contributed by atoms with E-state index in [1.54, 1.807) is 12.1 Å². The third-order valence-corrected chi connectivity index (χ3v) is 5.53. The van der Waals surface area contributed by atoms with Crippen LogP contribution in [0.1, 0.15) is 42.6 Å². The van der Waals surface area contributed by atoms with Gasteiger partial charge in [0.1, 0.15) is 17.4 Å². The average molecular weight is 423 g/mol. The summed E-state index contributed by atoms with van der Waals surface area (Å²) in [5, 5.41) is 11.3. The van der Waals surface area contributed by atoms with Crippen LogP contribution < -0.4 is 10.1 Å². The molecule has 0 saturated heterocycles. The van der Waals surface area contributed by atoms with Crippen molar-refractivity contribution < 1.29 is 13.9 Å². The van der Waals surface area contributed by atoms with Gasteiger partial charge in [-0.05, 0) is 62.1 Å². The molecule has 2 aromatic carbocycles. The number of aromatic nitrogens is 3. The molecule has 0 saturated carbocycles. The molecule has 1 N–H and O–H groups in total. The van der Waals surface area contributed by atoms with Crippen LogP contribution in [0.3, 0.4) is 0 Å². The third kappa shape index (κ3) is 4.93. The fourth-order valence-corrected chi connectivity index (χ4v) is 3.80. The van der Waals surface area contributed by atoms with Gasteiger partial charge in [-0.2, -0.15) is 0 Å². The molecule has 0 aliphatic carbocycles. The van der Waals surface area contributed by atoms with Gasteiger partial charge in [0.05, 0.1) is 18.6 Å². The summed E-state index contributed by atoms with van der Waals surface area (Å²) < 4.78 is 22.3. The van der Waals surface area contributed by atoms with E-state index < -0.39 is 0 Å². The van der Waals surface area contributed by atoms with E-state index in [9.17, 15) is 9.18 Å². The molecule has 2 heterocycles. The molecule has 0 unspecified atom stereocenters. The monoisotopic (exact) mass is 422 g/mol. The first-order valence-electron chi connectivity index (χ1n) is 10.7. The van der Waals surface area contributed by atoms with Gasteiger partial charge < -0.3 is 14.6 Å². The Hall–Kier alpha value is -3.22. The van der Waals surface area contributed by atoms with E-state index in [0.29, 0.717) is 17.1 Å². The molecule has 1 aliphatic heterocycles. The Morgan fingerprint density at radius 1 is 1.13 bits per heavy atom. The van der Waals surface area contributed by atoms with E-state index in [1.165, 1.54) is 6.07 Å². The normalized spacial score (nSPS) is 13.4. The minimum atomic E-state index is -0.379. The Labute approximate surface area is 181 Å². The summed E-state index contributed by atoms with van der Waals surface area (Å²) in [6.45, 7) is 5.02. The van der Waals surface area contributed by atoms with Crippen LogP contribution >= 0.6 is 0 Å². The molecular formula is C24H27FN4O2. The van der Waals surface area contributed by atoms with Gasteiger partial charge in [-0.15, -0.1) is 10.2 Å². The number of fused-ring (bicyclic) bond motifs is 1. The minimum absolute atomic E-state index is 0.192. The van der Waals surface area contributed by atoms with E-state index in [2.05, 4.69) is 15.5 Å². The molecule has 4 rings (SSSR count). The van der Waals surface area contributed by atoms with Crippen molar-refractivity contribution in [3.63, 3.8) is 0 Å². The molecule has 0 fully saturated rings. The molecule has 7 heteroatoms. The highest BCUT2D eigenvalue weighted by Gasteiger charge is 2.19. The average Bonchev–Trinajstić information content (AvgIpc) is 2.99. The SMILES string of the molecule is Cc1ccc(C)c(OCCC(=O)Nc2ccc(F)c(-c3nnc4n3CCCCC4)c2)c1. The van der Waals surface area contributed by atoms with Crippen molar-refractivity contribution in [3.8, 4) is 17.1 Å². The van der Waals surface area contributed by atoms with Gasteiger partial charge in [-0.3, -0.25) is 4.79 Å². The molecule has 31 heavy (non-hydrogen) atoms. The first-order chi connectivity index (χ1) is 15.0. The summed E-state index contributed by atoms with van der Waals surface area (Å²) in [5.41, 5.74) is 3.01. The van der Waals surface area contributed by atoms with Crippen LogP contribution in [-0.2, 0) is 17.8 Å². The van der Waals surface area contributed by atoms with Crippen LogP contribution in [-0.4, -0.2) is 27.3 Å². The van der Waals surface area contributed by atoms with Crippen molar-refractivity contribution in [2.75, 3.05) is 11.9 Å². The van der Waals surface area contributed by atoms with Gasteiger partial charge in [0.2, 0.25) is 5.91 Å². The van der Waals surface area contributed by atoms with E-state index in [1.807, 2.05) is 36.6 Å². The molecule has 0 atom stereocenters. The van der Waals surface area contributed by atoms with Crippen LogP contribution in [0.15, 0.2) is 36.4 Å². The van der Waals surface area contributed by atoms with Gasteiger partial charge in [-0.1, -0.05) is 18.6 Å². The summed E-state index contributed by atoms with van der Waals surface area (Å²) in [6, 6.07) is 10.5. The van der Waals surface area contributed by atoms with Crippen LogP contribution in [0.25, 0.3) is 11.4 Å². The summed E-state index contributed by atoms with van der Waals surface area (Å²) in [6.07, 6.45) is 4.27. The van der Waals surface area contributed by atoms with Gasteiger partial charge in [-0.25, -0.2) is 4.39 Å². The molecule has 1 aliphatic rings. The first kappa shape index (κ1) is 21.0. The van der Waals surface area contributed by atoms with E-state index >= 15 is 0 Å². The number of nitrogens with one attached hydrogen (secondary N) is 1. The van der Waals surface area contributed by atoms with Crippen molar-refractivity contribution >= 4 is 11.6 Å². The quantitative estimate of drug-likeness (QED) is 0.617. The molecular weight excluding hydrogens is 395 g/mol. The molecule has 1 amide bonds. The van der Waals surface area contributed by atoms with Crippen LogP contribution in [0.4, 0.5) is 10.1 Å². The number of halogens is 1. The van der Waals surface area contributed by atoms with Crippen molar-refractivity contribution in [1.29, 1.82) is 0 Å². The van der Waals surface area contributed by atoms with E-state index in [-0.39, 0.29) is 24.8 Å². The van der Waals surface area contributed by atoms with Gasteiger partial charge in [0.25, 0.3) is 0 Å². The Morgan fingerprint density at radius 3 is 2.87 bits per heavy atom. The largest absolute Gasteiger partial charge is 0.493 e. The standard InChI is InChI=1S/C24H27FN4O2/c1-16-7-8-17(2)21(14-16)31-13-11-23(30)26-18-9-10-20(25)19(15-18)24-28-27-22-6-4-3-5-12-29(22)24/h7-10,14-15H,3-6,11-13H2,1-2H3,(H,26,30). The maximum absolute atomic E-state index is 14.6. The number of nitrogens with zero attached hydrogens (tertiary/aromatic N) is 3. The fraction of sp³-hybridized carbons (Fsp3) is 0.375. The molecule has 162 valence electrons. The summed E-state index contributed by atoms with van der Waals surface area (Å²) in [5.74, 6) is 1.62. The highest BCUT2D eigenvalue weighted by molar-refractivity contribution is 5.91. The zero-order chi connectivity index (χ0) is 21.8. The molecule has 6 nitrogen and oxygen atoms in total. The number of amides is 1. The summed E-state index contributed by atoms with van der Waals surface area (Å²) in [7, 11) is 0. The van der Waals surface area contributed by atoms with E-state index in [4.69, 9.17) is 4.74 Å². The van der Waals surface area contributed by atoms with Crippen LogP contribution in [0.5, 0.6) is 5.75 Å². The predicted octanol–water partition coefficient (Wildman–Crippen LogP) is 4.84. The molecule has 0 bridgehead atoms. The number of hydrogen-bond acceptors (Lipinski definition) is 4. The number of ether oxygens (including phenoxy) is 1. The molecule has 1 aromatic heterocycles. The number of aryl methyl sites for hydroxylation is 3. The number of anilines is 1. The number of carbonyl (C=O) groups is 1. The summed E-state index contributed by atoms with van der Waals surface area (Å²) in [4.78, 5) is 12.4. The first-order valence-corrected chi connectivity index (χ1v) is 10.7. The summed E-state index contributed by atoms with van der Waals surface area (Å²) >= 11 is 0. The third-order valence-electron chi connectivity index (χ3n) is 5.53.